The van der Waals surface area contributed by atoms with E-state index in [1.165, 1.54) is 6.08 Å². The molecule has 0 aliphatic heterocycles. The lowest BCUT2D eigenvalue weighted by molar-refractivity contribution is -0.137. The maximum absolute atomic E-state index is 11.1. The van der Waals surface area contributed by atoms with Gasteiger partial charge in [-0.25, -0.2) is 4.79 Å². The first-order chi connectivity index (χ1) is 7.08. The lowest BCUT2D eigenvalue weighted by Gasteiger charge is -2.33. The Balaban J connectivity index is 2.57. The molecule has 1 saturated carbocycles. The van der Waals surface area contributed by atoms with Crippen molar-refractivity contribution in [2.45, 2.75) is 43.0 Å². The van der Waals surface area contributed by atoms with E-state index in [0.29, 0.717) is 6.61 Å². The predicted molar refractivity (Wildman–Crippen MR) is 61.9 cm³/mol. The van der Waals surface area contributed by atoms with Crippen LogP contribution in [0.2, 0.25) is 0 Å². The summed E-state index contributed by atoms with van der Waals surface area (Å²) in [5.41, 5.74) is 0. The third-order valence-corrected chi connectivity index (χ3v) is 3.81. The Morgan fingerprint density at radius 2 is 2.40 bits per heavy atom. The second kappa shape index (κ2) is 5.66. The number of alkyl halides is 1. The van der Waals surface area contributed by atoms with Gasteiger partial charge in [0.15, 0.2) is 0 Å². The van der Waals surface area contributed by atoms with E-state index in [0.717, 1.165) is 25.7 Å². The molecule has 0 bridgehead atoms. The molecule has 1 rings (SSSR count). The van der Waals surface area contributed by atoms with Crippen LogP contribution in [-0.2, 0) is 9.53 Å². The fourth-order valence-corrected chi connectivity index (χ4v) is 2.37. The Morgan fingerprint density at radius 3 is 3.00 bits per heavy atom. The van der Waals surface area contributed by atoms with Crippen molar-refractivity contribution in [2.24, 2.45) is 0 Å². The van der Waals surface area contributed by atoms with Crippen molar-refractivity contribution >= 4 is 21.9 Å². The van der Waals surface area contributed by atoms with Gasteiger partial charge >= 0.3 is 5.97 Å². The van der Waals surface area contributed by atoms with Crippen molar-refractivity contribution in [3.05, 3.63) is 12.2 Å². The van der Waals surface area contributed by atoms with Gasteiger partial charge in [0, 0.05) is 6.08 Å². The molecule has 1 fully saturated rings. The minimum atomic E-state index is -0.446. The minimum Gasteiger partial charge on any atom is -0.463 e. The zero-order valence-electron chi connectivity index (χ0n) is 8.91. The highest BCUT2D eigenvalue weighted by Gasteiger charge is 2.35. The molecule has 1 aliphatic rings. The number of rotatable bonds is 3. The van der Waals surface area contributed by atoms with Crippen molar-refractivity contribution in [3.8, 4) is 0 Å². The van der Waals surface area contributed by atoms with E-state index >= 15 is 0 Å². The molecular formula is C11H17BrO3. The Labute approximate surface area is 98.6 Å². The predicted octanol–water partition coefficient (Wildman–Crippen LogP) is 2.17. The second-order valence-electron chi connectivity index (χ2n) is 3.77. The average Bonchev–Trinajstić information content (AvgIpc) is 2.21. The second-order valence-corrected chi connectivity index (χ2v) is 5.25. The zero-order valence-corrected chi connectivity index (χ0v) is 10.5. The van der Waals surface area contributed by atoms with E-state index in [-0.39, 0.29) is 5.97 Å². The number of hydrogen-bond donors (Lipinski definition) is 1. The molecule has 86 valence electrons. The summed E-state index contributed by atoms with van der Waals surface area (Å²) in [6, 6.07) is 0. The Kier molecular flexibility index (Phi) is 4.80. The van der Waals surface area contributed by atoms with Crippen molar-refractivity contribution in [3.63, 3.8) is 0 Å². The topological polar surface area (TPSA) is 46.5 Å². The van der Waals surface area contributed by atoms with Crippen molar-refractivity contribution in [1.82, 2.24) is 0 Å². The number of halogens is 1. The van der Waals surface area contributed by atoms with E-state index in [4.69, 9.17) is 4.74 Å². The van der Waals surface area contributed by atoms with Crippen LogP contribution in [-0.4, -0.2) is 28.1 Å². The summed E-state index contributed by atoms with van der Waals surface area (Å²) < 4.78 is 4.34. The highest BCUT2D eigenvalue weighted by molar-refractivity contribution is 9.10. The van der Waals surface area contributed by atoms with Gasteiger partial charge in [0.25, 0.3) is 0 Å². The molecular weight excluding hydrogens is 260 g/mol. The normalized spacial score (nSPS) is 31.8. The largest absolute Gasteiger partial charge is 0.463 e. The van der Waals surface area contributed by atoms with E-state index in [9.17, 15) is 9.90 Å². The van der Waals surface area contributed by atoms with Crippen LogP contribution in [0.15, 0.2) is 12.2 Å². The number of carbonyl (C=O) groups is 1. The molecule has 3 nitrogen and oxygen atoms in total. The minimum absolute atomic E-state index is 0.353. The summed E-state index contributed by atoms with van der Waals surface area (Å²) in [7, 11) is 0. The van der Waals surface area contributed by atoms with Gasteiger partial charge in [-0.05, 0) is 19.8 Å². The SMILES string of the molecule is CCOC(=O)/C=C/[C@@]1(Br)CCCC[C@H]1O. The molecule has 0 spiro atoms. The monoisotopic (exact) mass is 276 g/mol. The molecule has 0 aromatic rings. The summed E-state index contributed by atoms with van der Waals surface area (Å²) in [5, 5.41) is 9.82. The van der Waals surface area contributed by atoms with Crippen LogP contribution >= 0.6 is 15.9 Å². The van der Waals surface area contributed by atoms with Gasteiger partial charge < -0.3 is 9.84 Å². The number of carbonyl (C=O) groups excluding carboxylic acids is 1. The Hall–Kier alpha value is -0.350. The highest BCUT2D eigenvalue weighted by Crippen LogP contribution is 2.37. The number of aliphatic hydroxyl groups excluding tert-OH is 1. The maximum atomic E-state index is 11.1. The van der Waals surface area contributed by atoms with Gasteiger partial charge in [0.2, 0.25) is 0 Å². The number of hydrogen-bond acceptors (Lipinski definition) is 3. The summed E-state index contributed by atoms with van der Waals surface area (Å²) in [6.45, 7) is 2.14. The summed E-state index contributed by atoms with van der Waals surface area (Å²) in [6.07, 6.45) is 6.43. The van der Waals surface area contributed by atoms with Crippen LogP contribution in [0, 0.1) is 0 Å². The molecule has 0 heterocycles. The van der Waals surface area contributed by atoms with Crippen LogP contribution < -0.4 is 0 Å². The third-order valence-electron chi connectivity index (χ3n) is 2.62. The van der Waals surface area contributed by atoms with Gasteiger partial charge in [0.1, 0.15) is 0 Å². The first kappa shape index (κ1) is 12.7. The molecule has 0 amide bonds. The van der Waals surface area contributed by atoms with Gasteiger partial charge in [-0.3, -0.25) is 0 Å². The molecule has 1 aliphatic carbocycles. The van der Waals surface area contributed by atoms with Crippen LogP contribution in [0.4, 0.5) is 0 Å². The quantitative estimate of drug-likeness (QED) is 0.488. The van der Waals surface area contributed by atoms with Crippen molar-refractivity contribution in [2.75, 3.05) is 6.61 Å². The van der Waals surface area contributed by atoms with Crippen molar-refractivity contribution < 1.29 is 14.6 Å². The third kappa shape index (κ3) is 3.61. The number of aliphatic hydroxyl groups is 1. The Bertz CT molecular complexity index is 252. The van der Waals surface area contributed by atoms with E-state index < -0.39 is 10.4 Å². The molecule has 0 radical (unpaired) electrons. The fourth-order valence-electron chi connectivity index (χ4n) is 1.73. The van der Waals surface area contributed by atoms with Gasteiger partial charge in [-0.2, -0.15) is 0 Å². The molecule has 0 aromatic carbocycles. The van der Waals surface area contributed by atoms with Crippen molar-refractivity contribution in [1.29, 1.82) is 0 Å². The van der Waals surface area contributed by atoms with E-state index in [2.05, 4.69) is 15.9 Å². The lowest BCUT2D eigenvalue weighted by Crippen LogP contribution is -2.37. The van der Waals surface area contributed by atoms with Gasteiger partial charge in [0.05, 0.1) is 17.0 Å². The fraction of sp³-hybridized carbons (Fsp3) is 0.727. The van der Waals surface area contributed by atoms with Gasteiger partial charge in [-0.15, -0.1) is 0 Å². The van der Waals surface area contributed by atoms with E-state index in [1.807, 2.05) is 0 Å². The molecule has 0 unspecified atom stereocenters. The first-order valence-corrected chi connectivity index (χ1v) is 6.11. The molecule has 15 heavy (non-hydrogen) atoms. The van der Waals surface area contributed by atoms with Gasteiger partial charge in [-0.1, -0.05) is 34.8 Å². The molecule has 0 saturated heterocycles. The summed E-state index contributed by atoms with van der Waals surface area (Å²) in [5.74, 6) is -0.353. The van der Waals surface area contributed by atoms with E-state index in [1.54, 1.807) is 13.0 Å². The van der Waals surface area contributed by atoms with Crippen LogP contribution in [0.1, 0.15) is 32.6 Å². The van der Waals surface area contributed by atoms with Crippen LogP contribution in [0.3, 0.4) is 0 Å². The molecule has 0 aromatic heterocycles. The molecule has 1 N–H and O–H groups in total. The Morgan fingerprint density at radius 1 is 1.67 bits per heavy atom. The first-order valence-electron chi connectivity index (χ1n) is 5.31. The summed E-state index contributed by atoms with van der Waals surface area (Å²) in [4.78, 5) is 11.1. The van der Waals surface area contributed by atoms with Crippen LogP contribution in [0.5, 0.6) is 0 Å². The standard InChI is InChI=1S/C11H17BrO3/c1-2-15-10(14)6-8-11(12)7-4-3-5-9(11)13/h6,8-9,13H,2-5,7H2,1H3/b8-6+/t9-,11+/m1/s1. The molecule has 2 atom stereocenters. The van der Waals surface area contributed by atoms with Crippen LogP contribution in [0.25, 0.3) is 0 Å². The average molecular weight is 277 g/mol. The highest BCUT2D eigenvalue weighted by atomic mass is 79.9. The zero-order chi connectivity index (χ0) is 11.3. The smallest absolute Gasteiger partial charge is 0.330 e. The summed E-state index contributed by atoms with van der Waals surface area (Å²) >= 11 is 3.50. The number of ether oxygens (including phenoxy) is 1. The number of esters is 1. The maximum Gasteiger partial charge on any atom is 0.330 e. The lowest BCUT2D eigenvalue weighted by atomic mass is 9.86. The molecule has 4 heteroatoms.